The van der Waals surface area contributed by atoms with Crippen molar-refractivity contribution in [3.63, 3.8) is 0 Å². The number of nitrogen functional groups attached to an aromatic ring is 1. The van der Waals surface area contributed by atoms with Crippen LogP contribution in [0.3, 0.4) is 0 Å². The largest absolute Gasteiger partial charge is 0.397 e. The molecule has 5 heteroatoms. The number of anilines is 1. The van der Waals surface area contributed by atoms with Gasteiger partial charge in [-0.05, 0) is 25.6 Å². The zero-order valence-electron chi connectivity index (χ0n) is 11.5. The lowest BCUT2D eigenvalue weighted by Gasteiger charge is -2.16. The number of aryl methyl sites for hydroxylation is 1. The third kappa shape index (κ3) is 2.72. The number of rotatable bonds is 4. The lowest BCUT2D eigenvalue weighted by molar-refractivity contribution is 0.0802. The van der Waals surface area contributed by atoms with Gasteiger partial charge in [-0.3, -0.25) is 4.79 Å². The van der Waals surface area contributed by atoms with Gasteiger partial charge in [-0.15, -0.1) is 11.3 Å². The van der Waals surface area contributed by atoms with Crippen LogP contribution >= 0.6 is 11.3 Å². The van der Waals surface area contributed by atoms with Gasteiger partial charge in [0.1, 0.15) is 4.88 Å². The van der Waals surface area contributed by atoms with Crippen LogP contribution in [0, 0.1) is 6.92 Å². The quantitative estimate of drug-likeness (QED) is 0.899. The molecule has 1 aromatic carbocycles. The molecule has 102 valence electrons. The molecule has 2 aromatic rings. The highest BCUT2D eigenvalue weighted by molar-refractivity contribution is 7.21. The smallest absolute Gasteiger partial charge is 0.265 e. The maximum absolute atomic E-state index is 12.4. The average molecular weight is 277 g/mol. The van der Waals surface area contributed by atoms with E-state index in [-0.39, 0.29) is 5.91 Å². The Morgan fingerprint density at radius 1 is 1.47 bits per heavy atom. The van der Waals surface area contributed by atoms with E-state index >= 15 is 0 Å². The van der Waals surface area contributed by atoms with Crippen molar-refractivity contribution in [2.24, 2.45) is 0 Å². The molecule has 0 bridgehead atoms. The van der Waals surface area contributed by atoms with Crippen molar-refractivity contribution in [3.8, 4) is 0 Å². The van der Waals surface area contributed by atoms with Crippen LogP contribution in [0.5, 0.6) is 0 Å². The van der Waals surface area contributed by atoms with Gasteiger partial charge in [-0.2, -0.15) is 0 Å². The fraction of sp³-hybridized carbons (Fsp3) is 0.357. The number of hydrogen-bond acceptors (Lipinski definition) is 4. The Labute approximate surface area is 117 Å². The molecule has 19 heavy (non-hydrogen) atoms. The standard InChI is InChI=1S/C14H19N3OS/c1-9-4-5-10-11(8-9)19-13(12(10)15)14(18)17(3)7-6-16-2/h4-5,8,16H,6-7,15H2,1-3H3. The van der Waals surface area contributed by atoms with Gasteiger partial charge in [0, 0.05) is 30.2 Å². The van der Waals surface area contributed by atoms with Gasteiger partial charge >= 0.3 is 0 Å². The Bertz CT molecular complexity index is 606. The monoisotopic (exact) mass is 277 g/mol. The molecule has 0 aliphatic rings. The van der Waals surface area contributed by atoms with Crippen molar-refractivity contribution in [2.75, 3.05) is 32.9 Å². The first kappa shape index (κ1) is 13.8. The van der Waals surface area contributed by atoms with Crippen LogP contribution in [0.15, 0.2) is 18.2 Å². The van der Waals surface area contributed by atoms with Crippen LogP contribution < -0.4 is 11.1 Å². The predicted molar refractivity (Wildman–Crippen MR) is 81.9 cm³/mol. The SMILES string of the molecule is CNCCN(C)C(=O)c1sc2cc(C)ccc2c1N. The second-order valence-corrected chi connectivity index (χ2v) is 5.73. The second-order valence-electron chi connectivity index (χ2n) is 4.67. The van der Waals surface area contributed by atoms with Gasteiger partial charge in [0.2, 0.25) is 0 Å². The third-order valence-corrected chi connectivity index (χ3v) is 4.28. The normalized spacial score (nSPS) is 10.9. The number of hydrogen-bond donors (Lipinski definition) is 2. The van der Waals surface area contributed by atoms with Gasteiger partial charge in [0.15, 0.2) is 0 Å². The number of benzene rings is 1. The van der Waals surface area contributed by atoms with Gasteiger partial charge in [-0.1, -0.05) is 12.1 Å². The minimum atomic E-state index is -0.00777. The van der Waals surface area contributed by atoms with E-state index in [9.17, 15) is 4.79 Å². The van der Waals surface area contributed by atoms with Crippen molar-refractivity contribution in [1.82, 2.24) is 10.2 Å². The van der Waals surface area contributed by atoms with Gasteiger partial charge in [0.05, 0.1) is 5.69 Å². The zero-order valence-corrected chi connectivity index (χ0v) is 12.3. The molecule has 0 radical (unpaired) electrons. The average Bonchev–Trinajstić information content (AvgIpc) is 2.71. The summed E-state index contributed by atoms with van der Waals surface area (Å²) in [6, 6.07) is 6.08. The van der Waals surface area contributed by atoms with E-state index in [4.69, 9.17) is 5.73 Å². The molecule has 1 amide bonds. The highest BCUT2D eigenvalue weighted by Gasteiger charge is 2.19. The maximum atomic E-state index is 12.4. The molecule has 0 aliphatic heterocycles. The highest BCUT2D eigenvalue weighted by Crippen LogP contribution is 2.34. The minimum absolute atomic E-state index is 0.00777. The fourth-order valence-corrected chi connectivity index (χ4v) is 3.15. The Morgan fingerprint density at radius 2 is 2.21 bits per heavy atom. The Morgan fingerprint density at radius 3 is 2.89 bits per heavy atom. The molecule has 0 fully saturated rings. The fourth-order valence-electron chi connectivity index (χ4n) is 1.94. The summed E-state index contributed by atoms with van der Waals surface area (Å²) < 4.78 is 1.07. The molecule has 0 saturated carbocycles. The molecule has 1 heterocycles. The first-order valence-corrected chi connectivity index (χ1v) is 7.05. The number of nitrogens with zero attached hydrogens (tertiary/aromatic N) is 1. The molecular formula is C14H19N3OS. The van der Waals surface area contributed by atoms with Crippen LogP contribution in [0.2, 0.25) is 0 Å². The van der Waals surface area contributed by atoms with Gasteiger partial charge in [-0.25, -0.2) is 0 Å². The Kier molecular flexibility index (Phi) is 4.07. The number of carbonyl (C=O) groups excluding carboxylic acids is 1. The minimum Gasteiger partial charge on any atom is -0.397 e. The van der Waals surface area contributed by atoms with E-state index in [1.165, 1.54) is 16.9 Å². The van der Waals surface area contributed by atoms with Gasteiger partial charge in [0.25, 0.3) is 5.91 Å². The number of nitrogens with two attached hydrogens (primary N) is 1. The van der Waals surface area contributed by atoms with E-state index < -0.39 is 0 Å². The molecule has 1 aromatic heterocycles. The van der Waals surface area contributed by atoms with Crippen LogP contribution in [0.4, 0.5) is 5.69 Å². The first-order valence-electron chi connectivity index (χ1n) is 6.23. The van der Waals surface area contributed by atoms with Crippen molar-refractivity contribution < 1.29 is 4.79 Å². The molecule has 0 spiro atoms. The summed E-state index contributed by atoms with van der Waals surface area (Å²) in [5.74, 6) is -0.00777. The Balaban J connectivity index is 2.34. The summed E-state index contributed by atoms with van der Waals surface area (Å²) >= 11 is 1.47. The van der Waals surface area contributed by atoms with Crippen LogP contribution in [0.25, 0.3) is 10.1 Å². The van der Waals surface area contributed by atoms with E-state index in [0.717, 1.165) is 16.6 Å². The van der Waals surface area contributed by atoms with Gasteiger partial charge < -0.3 is 16.0 Å². The number of fused-ring (bicyclic) bond motifs is 1. The first-order chi connectivity index (χ1) is 9.04. The topological polar surface area (TPSA) is 58.4 Å². The number of amides is 1. The molecule has 4 nitrogen and oxygen atoms in total. The summed E-state index contributed by atoms with van der Waals surface area (Å²) in [5, 5.41) is 4.00. The molecule has 3 N–H and O–H groups in total. The van der Waals surface area contributed by atoms with E-state index in [1.54, 1.807) is 11.9 Å². The maximum Gasteiger partial charge on any atom is 0.265 e. The number of nitrogens with one attached hydrogen (secondary N) is 1. The van der Waals surface area contributed by atoms with Crippen molar-refractivity contribution in [2.45, 2.75) is 6.92 Å². The molecule has 2 rings (SSSR count). The predicted octanol–water partition coefficient (Wildman–Crippen LogP) is 2.08. The van der Waals surface area contributed by atoms with E-state index in [1.807, 2.05) is 26.1 Å². The lowest BCUT2D eigenvalue weighted by atomic mass is 10.1. The second kappa shape index (κ2) is 5.59. The molecule has 0 atom stereocenters. The van der Waals surface area contributed by atoms with E-state index in [2.05, 4.69) is 11.4 Å². The molecule has 0 unspecified atom stereocenters. The number of carbonyl (C=O) groups is 1. The summed E-state index contributed by atoms with van der Waals surface area (Å²) in [6.45, 7) is 3.48. The number of thiophene rings is 1. The highest BCUT2D eigenvalue weighted by atomic mass is 32.1. The van der Waals surface area contributed by atoms with Crippen molar-refractivity contribution in [3.05, 3.63) is 28.6 Å². The van der Waals surface area contributed by atoms with Crippen LogP contribution in [-0.2, 0) is 0 Å². The van der Waals surface area contributed by atoms with Crippen molar-refractivity contribution in [1.29, 1.82) is 0 Å². The molecule has 0 saturated heterocycles. The third-order valence-electron chi connectivity index (χ3n) is 3.12. The summed E-state index contributed by atoms with van der Waals surface area (Å²) in [4.78, 5) is 14.7. The van der Waals surface area contributed by atoms with Crippen LogP contribution in [-0.4, -0.2) is 38.0 Å². The Hall–Kier alpha value is -1.59. The summed E-state index contributed by atoms with van der Waals surface area (Å²) in [7, 11) is 3.67. The zero-order chi connectivity index (χ0) is 14.0. The molecular weight excluding hydrogens is 258 g/mol. The summed E-state index contributed by atoms with van der Waals surface area (Å²) in [6.07, 6.45) is 0. The molecule has 0 aliphatic carbocycles. The lowest BCUT2D eigenvalue weighted by Crippen LogP contribution is -2.32. The summed E-state index contributed by atoms with van der Waals surface area (Å²) in [5.41, 5.74) is 7.88. The van der Waals surface area contributed by atoms with E-state index in [0.29, 0.717) is 17.1 Å². The van der Waals surface area contributed by atoms with Crippen LogP contribution in [0.1, 0.15) is 15.2 Å². The number of likely N-dealkylation sites (N-methyl/N-ethyl adjacent to an activating group) is 2. The van der Waals surface area contributed by atoms with Crippen molar-refractivity contribution >= 4 is 33.0 Å².